The van der Waals surface area contributed by atoms with Crippen LogP contribution >= 0.6 is 0 Å². The fourth-order valence-corrected chi connectivity index (χ4v) is 1.23. The summed E-state index contributed by atoms with van der Waals surface area (Å²) in [6.07, 6.45) is 2.49. The molecule has 0 radical (unpaired) electrons. The van der Waals surface area contributed by atoms with Crippen molar-refractivity contribution < 1.29 is 39.1 Å². The summed E-state index contributed by atoms with van der Waals surface area (Å²) >= 11 is 0. The highest BCUT2D eigenvalue weighted by molar-refractivity contribution is 5.80. The zero-order valence-corrected chi connectivity index (χ0v) is 14.5. The first-order valence-electron chi connectivity index (χ1n) is 7.84. The molecule has 2 rings (SSSR count). The second-order valence-electron chi connectivity index (χ2n) is 5.50. The average Bonchev–Trinajstić information content (AvgIpc) is 3.53. The molecule has 2 heterocycles. The minimum absolute atomic E-state index is 0.156. The molecule has 2 atom stereocenters. The fourth-order valence-electron chi connectivity index (χ4n) is 1.23. The summed E-state index contributed by atoms with van der Waals surface area (Å²) in [6, 6.07) is 0. The molecule has 0 saturated carbocycles. The summed E-state index contributed by atoms with van der Waals surface area (Å²) in [7, 11) is 1.31. The summed E-state index contributed by atoms with van der Waals surface area (Å²) in [4.78, 5) is 9.84. The third kappa shape index (κ3) is 11.5. The second-order valence-corrected chi connectivity index (χ2v) is 5.50. The van der Waals surface area contributed by atoms with Gasteiger partial charge < -0.3 is 34.3 Å². The van der Waals surface area contributed by atoms with E-state index >= 15 is 0 Å². The maximum Gasteiger partial charge on any atom is 0.329 e. The average molecular weight is 350 g/mol. The van der Waals surface area contributed by atoms with E-state index in [4.69, 9.17) is 29.5 Å². The predicted molar refractivity (Wildman–Crippen MR) is 86.5 cm³/mol. The molecule has 24 heavy (non-hydrogen) atoms. The van der Waals surface area contributed by atoms with Gasteiger partial charge in [0, 0.05) is 11.5 Å². The Morgan fingerprint density at radius 1 is 1.17 bits per heavy atom. The van der Waals surface area contributed by atoms with Crippen molar-refractivity contribution in [3.8, 4) is 0 Å². The Balaban J connectivity index is 0.000000340. The Morgan fingerprint density at radius 3 is 1.71 bits per heavy atom. The normalized spacial score (nSPS) is 20.7. The first-order valence-corrected chi connectivity index (χ1v) is 7.84. The quantitative estimate of drug-likeness (QED) is 0.289. The lowest BCUT2D eigenvalue weighted by molar-refractivity contribution is -0.134. The molecule has 0 aliphatic carbocycles. The number of carbonyl (C=O) groups is 1. The van der Waals surface area contributed by atoms with E-state index in [1.807, 2.05) is 6.92 Å². The number of rotatable bonds is 9. The Labute approximate surface area is 143 Å². The van der Waals surface area contributed by atoms with Gasteiger partial charge in [0.2, 0.25) is 0 Å². The second kappa shape index (κ2) is 13.3. The Bertz CT molecular complexity index is 305. The van der Waals surface area contributed by atoms with Crippen molar-refractivity contribution in [1.82, 2.24) is 0 Å². The molecule has 3 N–H and O–H groups in total. The number of hydrogen-bond acceptors (Lipinski definition) is 8. The van der Waals surface area contributed by atoms with E-state index < -0.39 is 11.4 Å². The lowest BCUT2D eigenvalue weighted by Crippen LogP contribution is -2.32. The highest BCUT2D eigenvalue weighted by Gasteiger charge is 2.26. The first kappa shape index (κ1) is 23.0. The predicted octanol–water partition coefficient (Wildman–Crippen LogP) is -0.494. The van der Waals surface area contributed by atoms with Crippen molar-refractivity contribution in [2.24, 2.45) is 5.41 Å². The van der Waals surface area contributed by atoms with Crippen LogP contribution < -0.4 is 0 Å². The number of aliphatic hydroxyl groups is 3. The van der Waals surface area contributed by atoms with Crippen molar-refractivity contribution >= 4 is 5.97 Å². The smallest absolute Gasteiger partial charge is 0.329 e. The van der Waals surface area contributed by atoms with Gasteiger partial charge in [-0.2, -0.15) is 0 Å². The van der Waals surface area contributed by atoms with Gasteiger partial charge in [-0.05, 0) is 6.42 Å². The number of aliphatic hydroxyl groups excluding tert-OH is 3. The number of carbonyl (C=O) groups excluding carboxylic acids is 1. The van der Waals surface area contributed by atoms with E-state index in [0.29, 0.717) is 18.6 Å². The minimum Gasteiger partial charge on any atom is -0.466 e. The molecule has 0 aromatic heterocycles. The van der Waals surface area contributed by atoms with Crippen molar-refractivity contribution in [1.29, 1.82) is 0 Å². The van der Waals surface area contributed by atoms with Crippen molar-refractivity contribution in [2.45, 2.75) is 25.6 Å². The van der Waals surface area contributed by atoms with Crippen molar-refractivity contribution in [3.05, 3.63) is 12.7 Å². The summed E-state index contributed by atoms with van der Waals surface area (Å²) in [5.41, 5.74) is -0.667. The van der Waals surface area contributed by atoms with Gasteiger partial charge >= 0.3 is 5.97 Å². The molecule has 8 heteroatoms. The van der Waals surface area contributed by atoms with Crippen LogP contribution in [-0.2, 0) is 23.7 Å². The SMILES string of the molecule is C(OCC1CO1)C1CO1.C=CC(=O)OC.CCC(CO)(CO)CO. The van der Waals surface area contributed by atoms with Crippen LogP contribution in [-0.4, -0.2) is 86.9 Å². The van der Waals surface area contributed by atoms with Gasteiger partial charge in [-0.3, -0.25) is 0 Å². The van der Waals surface area contributed by atoms with E-state index in [2.05, 4.69) is 11.3 Å². The summed E-state index contributed by atoms with van der Waals surface area (Å²) < 4.78 is 19.3. The largest absolute Gasteiger partial charge is 0.466 e. The van der Waals surface area contributed by atoms with Gasteiger partial charge in [0.25, 0.3) is 0 Å². The van der Waals surface area contributed by atoms with E-state index in [1.54, 1.807) is 0 Å². The van der Waals surface area contributed by atoms with Crippen LogP contribution in [0.4, 0.5) is 0 Å². The molecule has 2 saturated heterocycles. The van der Waals surface area contributed by atoms with E-state index in [9.17, 15) is 4.79 Å². The van der Waals surface area contributed by atoms with E-state index in [-0.39, 0.29) is 19.8 Å². The van der Waals surface area contributed by atoms with Crippen LogP contribution in [0.25, 0.3) is 0 Å². The zero-order valence-electron chi connectivity index (χ0n) is 14.5. The van der Waals surface area contributed by atoms with Crippen LogP contribution in [0.5, 0.6) is 0 Å². The van der Waals surface area contributed by atoms with Gasteiger partial charge in [-0.25, -0.2) is 4.79 Å². The van der Waals surface area contributed by atoms with Gasteiger partial charge in [-0.15, -0.1) is 0 Å². The topological polar surface area (TPSA) is 121 Å². The van der Waals surface area contributed by atoms with Crippen LogP contribution in [0, 0.1) is 5.41 Å². The minimum atomic E-state index is -0.667. The summed E-state index contributed by atoms with van der Waals surface area (Å²) in [5.74, 6) is -0.394. The van der Waals surface area contributed by atoms with Crippen LogP contribution in [0.1, 0.15) is 13.3 Å². The van der Waals surface area contributed by atoms with Gasteiger partial charge in [0.15, 0.2) is 0 Å². The Hall–Kier alpha value is -1.03. The Kier molecular flexibility index (Phi) is 12.7. The third-order valence-corrected chi connectivity index (χ3v) is 3.54. The number of epoxide rings is 2. The lowest BCUT2D eigenvalue weighted by Gasteiger charge is -2.24. The highest BCUT2D eigenvalue weighted by Crippen LogP contribution is 2.18. The highest BCUT2D eigenvalue weighted by atomic mass is 16.6. The van der Waals surface area contributed by atoms with Crippen molar-refractivity contribution in [3.63, 3.8) is 0 Å². The molecule has 0 aromatic rings. The van der Waals surface area contributed by atoms with Crippen LogP contribution in [0.2, 0.25) is 0 Å². The van der Waals surface area contributed by atoms with Crippen LogP contribution in [0.15, 0.2) is 12.7 Å². The van der Waals surface area contributed by atoms with E-state index in [0.717, 1.165) is 32.5 Å². The molecule has 2 unspecified atom stereocenters. The molecule has 2 fully saturated rings. The summed E-state index contributed by atoms with van der Waals surface area (Å²) in [6.45, 7) is 7.77. The van der Waals surface area contributed by atoms with Gasteiger partial charge in [0.05, 0.1) is 53.4 Å². The van der Waals surface area contributed by atoms with Crippen LogP contribution in [0.3, 0.4) is 0 Å². The molecule has 2 aliphatic rings. The fraction of sp³-hybridized carbons (Fsp3) is 0.812. The molecular formula is C16H30O8. The standard InChI is InChI=1S/C6H10O3.C6H14O3.C4H6O2/c1(5-3-8-5)7-2-6-4-9-6;1-2-6(3-7,4-8)5-9;1-3-4(5)6-2/h5-6H,1-4H2;7-9H,2-5H2,1H3;3H,1H2,2H3. The molecule has 0 aromatic carbocycles. The number of methoxy groups -OCH3 is 1. The molecular weight excluding hydrogens is 320 g/mol. The molecule has 142 valence electrons. The van der Waals surface area contributed by atoms with Gasteiger partial charge in [-0.1, -0.05) is 13.5 Å². The molecule has 0 bridgehead atoms. The number of hydrogen-bond donors (Lipinski definition) is 3. The first-order chi connectivity index (χ1) is 11.5. The zero-order chi connectivity index (χ0) is 18.4. The molecule has 0 amide bonds. The monoisotopic (exact) mass is 350 g/mol. The third-order valence-electron chi connectivity index (χ3n) is 3.54. The number of esters is 1. The molecule has 8 nitrogen and oxygen atoms in total. The van der Waals surface area contributed by atoms with E-state index in [1.165, 1.54) is 7.11 Å². The lowest BCUT2D eigenvalue weighted by atomic mass is 9.88. The number of ether oxygens (including phenoxy) is 4. The maximum atomic E-state index is 9.84. The maximum absolute atomic E-state index is 9.84. The van der Waals surface area contributed by atoms with Gasteiger partial charge in [0.1, 0.15) is 12.2 Å². The molecule has 2 aliphatic heterocycles. The van der Waals surface area contributed by atoms with Crippen molar-refractivity contribution in [2.75, 3.05) is 53.4 Å². The summed E-state index contributed by atoms with van der Waals surface area (Å²) in [5, 5.41) is 26.0. The molecule has 0 spiro atoms. The Morgan fingerprint density at radius 2 is 1.58 bits per heavy atom.